The zero-order valence-corrected chi connectivity index (χ0v) is 13.8. The first kappa shape index (κ1) is 17.9. The Morgan fingerprint density at radius 1 is 1.19 bits per heavy atom. The maximum absolute atomic E-state index is 12.2. The summed E-state index contributed by atoms with van der Waals surface area (Å²) >= 11 is 3.53. The van der Waals surface area contributed by atoms with Gasteiger partial charge in [-0.15, -0.1) is 0 Å². The number of rotatable bonds is 6. The topological polar surface area (TPSA) is 38.3 Å². The summed E-state index contributed by atoms with van der Waals surface area (Å²) in [6.07, 6.45) is 1.69. The van der Waals surface area contributed by atoms with Gasteiger partial charge >= 0.3 is 0 Å². The number of thiol groups is 1. The lowest BCUT2D eigenvalue weighted by molar-refractivity contribution is 0.276. The van der Waals surface area contributed by atoms with Crippen molar-refractivity contribution in [2.75, 3.05) is 26.1 Å². The molecule has 2 aromatic carbocycles. The third kappa shape index (κ3) is 4.69. The van der Waals surface area contributed by atoms with Gasteiger partial charge in [0.1, 0.15) is 30.0 Å². The van der Waals surface area contributed by atoms with Crippen molar-refractivity contribution in [2.45, 2.75) is 11.8 Å². The molecule has 21 heavy (non-hydrogen) atoms. The van der Waals surface area contributed by atoms with Gasteiger partial charge in [0.05, 0.1) is 4.90 Å². The molecule has 0 bridgehead atoms. The molecule has 0 heterocycles. The fourth-order valence-corrected chi connectivity index (χ4v) is 2.89. The number of halogens is 1. The van der Waals surface area contributed by atoms with E-state index in [0.29, 0.717) is 17.2 Å². The molecule has 3 nitrogen and oxygen atoms in total. The van der Waals surface area contributed by atoms with Crippen LogP contribution in [0, 0.1) is 0 Å². The Labute approximate surface area is 132 Å². The van der Waals surface area contributed by atoms with Crippen molar-refractivity contribution in [3.8, 4) is 5.75 Å². The lowest BCUT2D eigenvalue weighted by Gasteiger charge is -2.10. The minimum Gasteiger partial charge on any atom is -0.490 e. The molecule has 0 fully saturated rings. The highest BCUT2D eigenvalue weighted by atomic mass is 32.2. The van der Waals surface area contributed by atoms with Crippen LogP contribution in [0.1, 0.15) is 6.92 Å². The maximum Gasteiger partial charge on any atom is 0.127 e. The van der Waals surface area contributed by atoms with Crippen LogP contribution in [0.25, 0.3) is 10.8 Å². The summed E-state index contributed by atoms with van der Waals surface area (Å²) < 4.78 is 32.5. The summed E-state index contributed by atoms with van der Waals surface area (Å²) in [5, 5.41) is 1.71. The van der Waals surface area contributed by atoms with Gasteiger partial charge in [-0.3, -0.25) is 0 Å². The molecule has 1 atom stereocenters. The van der Waals surface area contributed by atoms with Gasteiger partial charge in [0.2, 0.25) is 0 Å². The number of fused-ring (bicyclic) bond motifs is 1. The standard InChI is InChI=1S/C14H16FNO2S.CH4S/c1-2-16-19(17)14-8-4-5-11-12(14)6-3-7-13(11)18-10-9-15;1-2/h3-8,16H,2,9-10H2,1H3;2H,1H3. The van der Waals surface area contributed by atoms with E-state index in [1.165, 1.54) is 0 Å². The third-order valence-corrected chi connectivity index (χ3v) is 3.96. The smallest absolute Gasteiger partial charge is 0.127 e. The molecule has 0 saturated heterocycles. The van der Waals surface area contributed by atoms with Crippen molar-refractivity contribution < 1.29 is 13.3 Å². The summed E-state index contributed by atoms with van der Waals surface area (Å²) in [4.78, 5) is 0.713. The zero-order valence-electron chi connectivity index (χ0n) is 12.1. The minimum absolute atomic E-state index is 0.0274. The van der Waals surface area contributed by atoms with E-state index in [2.05, 4.69) is 17.4 Å². The van der Waals surface area contributed by atoms with E-state index in [-0.39, 0.29) is 6.61 Å². The van der Waals surface area contributed by atoms with E-state index in [1.54, 1.807) is 12.3 Å². The van der Waals surface area contributed by atoms with E-state index in [0.717, 1.165) is 10.8 Å². The predicted octanol–water partition coefficient (Wildman–Crippen LogP) is 3.37. The summed E-state index contributed by atoms with van der Waals surface area (Å²) in [6, 6.07) is 11.0. The lowest BCUT2D eigenvalue weighted by Crippen LogP contribution is -2.16. The van der Waals surface area contributed by atoms with Crippen LogP contribution in [0.15, 0.2) is 41.3 Å². The van der Waals surface area contributed by atoms with Crippen LogP contribution in [0.3, 0.4) is 0 Å². The van der Waals surface area contributed by atoms with Gasteiger partial charge < -0.3 is 4.74 Å². The Balaban J connectivity index is 0.00000106. The first-order chi connectivity index (χ1) is 10.3. The van der Waals surface area contributed by atoms with E-state index in [9.17, 15) is 8.60 Å². The average molecular weight is 329 g/mol. The molecule has 0 saturated carbocycles. The number of ether oxygens (including phenoxy) is 1. The molecule has 0 aliphatic rings. The molecule has 1 unspecified atom stereocenters. The molecule has 2 aromatic rings. The van der Waals surface area contributed by atoms with Gasteiger partial charge in [-0.2, -0.15) is 12.6 Å². The largest absolute Gasteiger partial charge is 0.490 e. The van der Waals surface area contributed by atoms with E-state index < -0.39 is 17.7 Å². The Morgan fingerprint density at radius 3 is 2.52 bits per heavy atom. The van der Waals surface area contributed by atoms with Crippen molar-refractivity contribution in [1.29, 1.82) is 0 Å². The zero-order chi connectivity index (χ0) is 15.7. The lowest BCUT2D eigenvalue weighted by atomic mass is 10.1. The molecule has 0 radical (unpaired) electrons. The molecule has 0 aliphatic heterocycles. The second-order valence-electron chi connectivity index (χ2n) is 3.91. The predicted molar refractivity (Wildman–Crippen MR) is 90.4 cm³/mol. The number of alkyl halides is 1. The van der Waals surface area contributed by atoms with Gasteiger partial charge in [-0.25, -0.2) is 13.3 Å². The monoisotopic (exact) mass is 329 g/mol. The van der Waals surface area contributed by atoms with Crippen LogP contribution < -0.4 is 9.46 Å². The Morgan fingerprint density at radius 2 is 1.86 bits per heavy atom. The summed E-state index contributed by atoms with van der Waals surface area (Å²) in [5.74, 6) is 0.616. The first-order valence-corrected chi connectivity index (χ1v) is 8.63. The summed E-state index contributed by atoms with van der Waals surface area (Å²) in [5.41, 5.74) is 0. The normalized spacial score (nSPS) is 11.6. The summed E-state index contributed by atoms with van der Waals surface area (Å²) in [7, 11) is -1.25. The second-order valence-corrected chi connectivity index (χ2v) is 5.18. The average Bonchev–Trinajstić information content (AvgIpc) is 2.54. The van der Waals surface area contributed by atoms with Crippen molar-refractivity contribution in [2.24, 2.45) is 0 Å². The second kappa shape index (κ2) is 9.76. The van der Waals surface area contributed by atoms with Crippen molar-refractivity contribution in [3.63, 3.8) is 0 Å². The van der Waals surface area contributed by atoms with Crippen molar-refractivity contribution in [1.82, 2.24) is 4.72 Å². The van der Waals surface area contributed by atoms with Crippen LogP contribution >= 0.6 is 12.6 Å². The van der Waals surface area contributed by atoms with E-state index in [1.807, 2.05) is 37.3 Å². The number of benzene rings is 2. The quantitative estimate of drug-likeness (QED) is 0.798. The van der Waals surface area contributed by atoms with Gasteiger partial charge in [0.25, 0.3) is 0 Å². The molecular weight excluding hydrogens is 309 g/mol. The van der Waals surface area contributed by atoms with Crippen LogP contribution in [0.5, 0.6) is 5.75 Å². The molecule has 0 amide bonds. The van der Waals surface area contributed by atoms with Crippen LogP contribution in [0.4, 0.5) is 4.39 Å². The Kier molecular flexibility index (Phi) is 8.34. The fraction of sp³-hybridized carbons (Fsp3) is 0.333. The molecule has 0 aromatic heterocycles. The van der Waals surface area contributed by atoms with Gasteiger partial charge in [0, 0.05) is 17.3 Å². The minimum atomic E-state index is -1.25. The molecule has 0 spiro atoms. The van der Waals surface area contributed by atoms with Crippen LogP contribution in [0.2, 0.25) is 0 Å². The molecular formula is C15H20FNO2S2. The first-order valence-electron chi connectivity index (χ1n) is 6.58. The maximum atomic E-state index is 12.2. The van der Waals surface area contributed by atoms with Gasteiger partial charge in [0.15, 0.2) is 0 Å². The van der Waals surface area contributed by atoms with Crippen molar-refractivity contribution in [3.05, 3.63) is 36.4 Å². The fourth-order valence-electron chi connectivity index (χ4n) is 1.90. The third-order valence-electron chi connectivity index (χ3n) is 2.65. The van der Waals surface area contributed by atoms with Gasteiger partial charge in [-0.05, 0) is 18.4 Å². The van der Waals surface area contributed by atoms with E-state index in [4.69, 9.17) is 4.74 Å². The molecule has 2 rings (SSSR count). The highest BCUT2D eigenvalue weighted by Crippen LogP contribution is 2.29. The SMILES string of the molecule is CCNS(=O)c1cccc2c(OCCF)cccc12.CS. The number of hydrogen-bond acceptors (Lipinski definition) is 3. The molecule has 0 aliphatic carbocycles. The van der Waals surface area contributed by atoms with Gasteiger partial charge in [-0.1, -0.05) is 31.2 Å². The van der Waals surface area contributed by atoms with Crippen molar-refractivity contribution >= 4 is 34.4 Å². The molecule has 6 heteroatoms. The molecule has 116 valence electrons. The van der Waals surface area contributed by atoms with Crippen LogP contribution in [-0.2, 0) is 11.0 Å². The van der Waals surface area contributed by atoms with Crippen LogP contribution in [-0.4, -0.2) is 30.3 Å². The number of hydrogen-bond donors (Lipinski definition) is 2. The Hall–Kier alpha value is -1.11. The molecule has 1 N–H and O–H groups in total. The number of nitrogens with one attached hydrogen (secondary N) is 1. The van der Waals surface area contributed by atoms with E-state index >= 15 is 0 Å². The highest BCUT2D eigenvalue weighted by Gasteiger charge is 2.10. The highest BCUT2D eigenvalue weighted by molar-refractivity contribution is 7.83. The summed E-state index contributed by atoms with van der Waals surface area (Å²) in [6.45, 7) is 2.03. The Bertz CT molecular complexity index is 593.